The van der Waals surface area contributed by atoms with Crippen molar-refractivity contribution in [3.05, 3.63) is 63.2 Å². The van der Waals surface area contributed by atoms with E-state index in [0.29, 0.717) is 65.8 Å². The third kappa shape index (κ3) is 6.08. The Balaban J connectivity index is 1.54. The van der Waals surface area contributed by atoms with E-state index < -0.39 is 4.92 Å². The van der Waals surface area contributed by atoms with Crippen LogP contribution in [0.15, 0.2) is 42.5 Å². The van der Waals surface area contributed by atoms with Crippen molar-refractivity contribution in [1.82, 2.24) is 10.2 Å². The summed E-state index contributed by atoms with van der Waals surface area (Å²) in [6.45, 7) is 6.86. The van der Waals surface area contributed by atoms with Crippen LogP contribution < -0.4 is 15.0 Å². The fourth-order valence-electron chi connectivity index (χ4n) is 3.27. The van der Waals surface area contributed by atoms with Gasteiger partial charge in [0.15, 0.2) is 5.11 Å². The molecule has 1 saturated heterocycles. The number of nitro groups is 1. The topological polar surface area (TPSA) is 88.0 Å². The van der Waals surface area contributed by atoms with Gasteiger partial charge in [0.05, 0.1) is 11.5 Å². The van der Waals surface area contributed by atoms with E-state index in [0.717, 1.165) is 0 Å². The molecule has 170 valence electrons. The average molecular weight is 477 g/mol. The Morgan fingerprint density at radius 2 is 1.84 bits per heavy atom. The largest absolute Gasteiger partial charge is 0.493 e. The van der Waals surface area contributed by atoms with E-state index in [-0.39, 0.29) is 11.6 Å². The van der Waals surface area contributed by atoms with Crippen LogP contribution >= 0.6 is 23.8 Å². The van der Waals surface area contributed by atoms with Gasteiger partial charge in [-0.05, 0) is 54.5 Å². The first-order chi connectivity index (χ1) is 15.2. The van der Waals surface area contributed by atoms with Gasteiger partial charge in [0.25, 0.3) is 11.6 Å². The molecular weight excluding hydrogens is 452 g/mol. The van der Waals surface area contributed by atoms with E-state index in [9.17, 15) is 14.9 Å². The first-order valence-corrected chi connectivity index (χ1v) is 11.0. The number of carbonyl (C=O) groups excluding carboxylic acids is 1. The van der Waals surface area contributed by atoms with Crippen molar-refractivity contribution in [1.29, 1.82) is 0 Å². The Labute approximate surface area is 197 Å². The Hall–Kier alpha value is -2.91. The van der Waals surface area contributed by atoms with E-state index in [4.69, 9.17) is 28.6 Å². The number of hydrogen-bond acceptors (Lipinski definition) is 6. The molecule has 0 saturated carbocycles. The van der Waals surface area contributed by atoms with Crippen LogP contribution in [0.4, 0.5) is 11.4 Å². The Bertz CT molecular complexity index is 992. The molecule has 8 nitrogen and oxygen atoms in total. The second kappa shape index (κ2) is 10.6. The highest BCUT2D eigenvalue weighted by atomic mass is 35.5. The lowest BCUT2D eigenvalue weighted by Crippen LogP contribution is -2.52. The number of ether oxygens (including phenoxy) is 1. The summed E-state index contributed by atoms with van der Waals surface area (Å²) in [6.07, 6.45) is 0. The highest BCUT2D eigenvalue weighted by Gasteiger charge is 2.25. The van der Waals surface area contributed by atoms with Crippen LogP contribution in [0.1, 0.15) is 24.2 Å². The van der Waals surface area contributed by atoms with Gasteiger partial charge < -0.3 is 14.5 Å². The molecule has 1 amide bonds. The maximum absolute atomic E-state index is 12.5. The van der Waals surface area contributed by atoms with E-state index in [2.05, 4.69) is 19.2 Å². The van der Waals surface area contributed by atoms with E-state index in [1.54, 1.807) is 36.4 Å². The first-order valence-electron chi connectivity index (χ1n) is 10.3. The molecule has 1 fully saturated rings. The van der Waals surface area contributed by atoms with Crippen molar-refractivity contribution in [2.24, 2.45) is 5.92 Å². The number of anilines is 1. The van der Waals surface area contributed by atoms with Gasteiger partial charge in [0.2, 0.25) is 0 Å². The Morgan fingerprint density at radius 1 is 1.19 bits per heavy atom. The van der Waals surface area contributed by atoms with Crippen LogP contribution in [0.2, 0.25) is 5.02 Å². The maximum Gasteiger partial charge on any atom is 0.294 e. The molecule has 32 heavy (non-hydrogen) atoms. The van der Waals surface area contributed by atoms with Crippen molar-refractivity contribution in [2.45, 2.75) is 13.8 Å². The molecule has 0 spiro atoms. The average Bonchev–Trinajstić information content (AvgIpc) is 2.78. The molecule has 1 heterocycles. The summed E-state index contributed by atoms with van der Waals surface area (Å²) in [5.41, 5.74) is 0.983. The summed E-state index contributed by atoms with van der Waals surface area (Å²) in [5.74, 6) is 0.841. The van der Waals surface area contributed by atoms with Gasteiger partial charge in [-0.15, -0.1) is 0 Å². The molecule has 1 aliphatic rings. The summed E-state index contributed by atoms with van der Waals surface area (Å²) in [6, 6.07) is 11.6. The number of halogens is 1. The summed E-state index contributed by atoms with van der Waals surface area (Å²) in [5, 5.41) is 14.8. The van der Waals surface area contributed by atoms with Crippen LogP contribution in [0.25, 0.3) is 0 Å². The number of nitro benzene ring substituents is 1. The highest BCUT2D eigenvalue weighted by molar-refractivity contribution is 7.80. The first kappa shape index (κ1) is 23.7. The monoisotopic (exact) mass is 476 g/mol. The fourth-order valence-corrected chi connectivity index (χ4v) is 3.72. The van der Waals surface area contributed by atoms with Crippen molar-refractivity contribution < 1.29 is 14.5 Å². The van der Waals surface area contributed by atoms with Gasteiger partial charge in [-0.25, -0.2) is 0 Å². The predicted molar refractivity (Wildman–Crippen MR) is 129 cm³/mol. The molecule has 2 aromatic rings. The summed E-state index contributed by atoms with van der Waals surface area (Å²) >= 11 is 11.3. The Morgan fingerprint density at radius 3 is 2.44 bits per heavy atom. The van der Waals surface area contributed by atoms with Crippen LogP contribution in [0.3, 0.4) is 0 Å². The number of benzene rings is 2. The minimum Gasteiger partial charge on any atom is -0.493 e. The molecule has 10 heteroatoms. The number of nitrogens with zero attached hydrogens (tertiary/aromatic N) is 3. The van der Waals surface area contributed by atoms with Crippen LogP contribution in [0.5, 0.6) is 5.75 Å². The maximum atomic E-state index is 12.5. The minimum atomic E-state index is -0.433. The second-order valence-corrected chi connectivity index (χ2v) is 8.68. The lowest BCUT2D eigenvalue weighted by Gasteiger charge is -2.37. The Kier molecular flexibility index (Phi) is 7.87. The van der Waals surface area contributed by atoms with E-state index in [1.807, 2.05) is 9.80 Å². The molecule has 0 aromatic heterocycles. The van der Waals surface area contributed by atoms with Gasteiger partial charge in [-0.1, -0.05) is 25.4 Å². The zero-order valence-corrected chi connectivity index (χ0v) is 19.5. The van der Waals surface area contributed by atoms with Crippen molar-refractivity contribution in [3.8, 4) is 5.75 Å². The van der Waals surface area contributed by atoms with Crippen molar-refractivity contribution in [3.63, 3.8) is 0 Å². The number of rotatable bonds is 6. The quantitative estimate of drug-likeness (QED) is 0.381. The van der Waals surface area contributed by atoms with Crippen molar-refractivity contribution >= 4 is 46.2 Å². The smallest absolute Gasteiger partial charge is 0.294 e. The highest BCUT2D eigenvalue weighted by Crippen LogP contribution is 2.31. The number of thiocarbonyl (C=S) groups is 1. The molecule has 1 N–H and O–H groups in total. The van der Waals surface area contributed by atoms with Crippen LogP contribution in [-0.2, 0) is 0 Å². The van der Waals surface area contributed by atoms with Gasteiger partial charge in [-0.2, -0.15) is 0 Å². The number of nitrogens with one attached hydrogen (secondary N) is 1. The number of hydrogen-bond donors (Lipinski definition) is 1. The fraction of sp³-hybridized carbons (Fsp3) is 0.364. The SMILES string of the molecule is CC(C)COc1ccc(C(=O)NC(=S)N2CCN(c3ccc(Cl)cc3[N+](=O)[O-])CC2)cc1. The van der Waals surface area contributed by atoms with Crippen LogP contribution in [0, 0.1) is 16.0 Å². The number of amides is 1. The number of carbonyl (C=O) groups is 1. The van der Waals surface area contributed by atoms with Crippen LogP contribution in [-0.4, -0.2) is 53.6 Å². The van der Waals surface area contributed by atoms with Gasteiger partial charge in [0.1, 0.15) is 11.4 Å². The third-order valence-corrected chi connectivity index (χ3v) is 5.56. The normalized spacial score (nSPS) is 13.8. The summed E-state index contributed by atoms with van der Waals surface area (Å²) in [7, 11) is 0. The van der Waals surface area contributed by atoms with Gasteiger partial charge in [0, 0.05) is 42.8 Å². The molecule has 0 unspecified atom stereocenters. The zero-order chi connectivity index (χ0) is 23.3. The molecule has 1 aliphatic heterocycles. The lowest BCUT2D eigenvalue weighted by atomic mass is 10.2. The lowest BCUT2D eigenvalue weighted by molar-refractivity contribution is -0.384. The van der Waals surface area contributed by atoms with Gasteiger partial charge >= 0.3 is 0 Å². The molecule has 0 radical (unpaired) electrons. The summed E-state index contributed by atoms with van der Waals surface area (Å²) < 4.78 is 5.63. The van der Waals surface area contributed by atoms with Gasteiger partial charge in [-0.3, -0.25) is 20.2 Å². The van der Waals surface area contributed by atoms with E-state index >= 15 is 0 Å². The molecule has 0 aliphatic carbocycles. The minimum absolute atomic E-state index is 0.0253. The molecule has 0 bridgehead atoms. The predicted octanol–water partition coefficient (Wildman–Crippen LogP) is 4.12. The second-order valence-electron chi connectivity index (χ2n) is 7.85. The number of piperazine rings is 1. The molecule has 3 rings (SSSR count). The van der Waals surface area contributed by atoms with Crippen molar-refractivity contribution in [2.75, 3.05) is 37.7 Å². The molecule has 2 aromatic carbocycles. The summed E-state index contributed by atoms with van der Waals surface area (Å²) in [4.78, 5) is 27.3. The standard InChI is InChI=1S/C22H25ClN4O4S/c1-15(2)14-31-18-6-3-16(4-7-18)21(28)24-22(32)26-11-9-25(10-12-26)19-8-5-17(23)13-20(19)27(29)30/h3-8,13,15H,9-12,14H2,1-2H3,(H,24,28,32). The third-order valence-electron chi connectivity index (χ3n) is 4.96. The zero-order valence-electron chi connectivity index (χ0n) is 17.9. The molecule has 0 atom stereocenters. The van der Waals surface area contributed by atoms with E-state index in [1.165, 1.54) is 6.07 Å². The molecular formula is C22H25ClN4O4S.